The van der Waals surface area contributed by atoms with Crippen molar-refractivity contribution in [3.63, 3.8) is 0 Å². The zero-order valence-corrected chi connectivity index (χ0v) is 12.1. The molecule has 0 amide bonds. The van der Waals surface area contributed by atoms with Crippen molar-refractivity contribution in [3.8, 4) is 0 Å². The Hall–Kier alpha value is -1.01. The zero-order chi connectivity index (χ0) is 13.6. The highest BCUT2D eigenvalue weighted by molar-refractivity contribution is 7.91. The molecule has 0 saturated carbocycles. The summed E-state index contributed by atoms with van der Waals surface area (Å²) in [6.07, 6.45) is 0.659. The molecule has 1 fully saturated rings. The van der Waals surface area contributed by atoms with Crippen molar-refractivity contribution in [2.45, 2.75) is 45.2 Å². The lowest BCUT2D eigenvalue weighted by Crippen LogP contribution is -2.12. The van der Waals surface area contributed by atoms with E-state index in [-0.39, 0.29) is 17.4 Å². The van der Waals surface area contributed by atoms with Gasteiger partial charge in [-0.1, -0.05) is 13.8 Å². The van der Waals surface area contributed by atoms with Crippen molar-refractivity contribution in [1.82, 2.24) is 15.3 Å². The van der Waals surface area contributed by atoms with Crippen LogP contribution in [-0.4, -0.2) is 29.9 Å². The molecule has 2 aliphatic rings. The quantitative estimate of drug-likeness (QED) is 0.879. The van der Waals surface area contributed by atoms with Crippen molar-refractivity contribution < 1.29 is 8.42 Å². The second kappa shape index (κ2) is 4.52. The van der Waals surface area contributed by atoms with E-state index < -0.39 is 9.84 Å². The first-order valence-corrected chi connectivity index (χ1v) is 8.59. The fourth-order valence-corrected chi connectivity index (χ4v) is 4.61. The highest BCUT2D eigenvalue weighted by Gasteiger charge is 2.32. The molecule has 1 aromatic rings. The van der Waals surface area contributed by atoms with Crippen LogP contribution >= 0.6 is 0 Å². The van der Waals surface area contributed by atoms with Gasteiger partial charge in [-0.3, -0.25) is 0 Å². The molecule has 3 heterocycles. The van der Waals surface area contributed by atoms with Gasteiger partial charge in [0.15, 0.2) is 9.84 Å². The number of nitrogens with one attached hydrogen (secondary N) is 1. The maximum Gasteiger partial charge on any atom is 0.151 e. The number of hydrogen-bond acceptors (Lipinski definition) is 5. The predicted molar refractivity (Wildman–Crippen MR) is 72.7 cm³/mol. The summed E-state index contributed by atoms with van der Waals surface area (Å²) in [6.45, 7) is 5.84. The number of fused-ring (bicyclic) bond motifs is 1. The molecule has 104 valence electrons. The first kappa shape index (κ1) is 13.0. The maximum atomic E-state index is 11.6. The summed E-state index contributed by atoms with van der Waals surface area (Å²) < 4.78 is 23.2. The van der Waals surface area contributed by atoms with Gasteiger partial charge in [0.05, 0.1) is 22.9 Å². The average Bonchev–Trinajstić information content (AvgIpc) is 2.93. The lowest BCUT2D eigenvalue weighted by molar-refractivity contribution is 0.600. The Morgan fingerprint density at radius 1 is 1.26 bits per heavy atom. The lowest BCUT2D eigenvalue weighted by Gasteiger charge is -2.14. The van der Waals surface area contributed by atoms with Crippen molar-refractivity contribution >= 4 is 9.84 Å². The van der Waals surface area contributed by atoms with Crippen LogP contribution in [0.1, 0.15) is 54.9 Å². The van der Waals surface area contributed by atoms with Gasteiger partial charge >= 0.3 is 0 Å². The van der Waals surface area contributed by atoms with E-state index in [1.54, 1.807) is 0 Å². The minimum absolute atomic E-state index is 0.0200. The summed E-state index contributed by atoms with van der Waals surface area (Å²) in [6, 6.07) is 0. The topological polar surface area (TPSA) is 72.0 Å². The molecule has 6 heteroatoms. The van der Waals surface area contributed by atoms with Gasteiger partial charge in [0.2, 0.25) is 0 Å². The number of aromatic nitrogens is 2. The average molecular weight is 281 g/mol. The Balaban J connectivity index is 2.02. The standard InChI is InChI=1S/C13H19N3O2S/c1-8(2)12-10-5-14-6-11(10)15-13(16-12)9-3-4-19(17,18)7-9/h8-9,14H,3-7H2,1-2H3. The molecule has 1 atom stereocenters. The molecule has 0 radical (unpaired) electrons. The van der Waals surface area contributed by atoms with Gasteiger partial charge in [-0.15, -0.1) is 0 Å². The fourth-order valence-electron chi connectivity index (χ4n) is 2.87. The zero-order valence-electron chi connectivity index (χ0n) is 11.3. The summed E-state index contributed by atoms with van der Waals surface area (Å²) in [5.41, 5.74) is 3.34. The minimum Gasteiger partial charge on any atom is -0.307 e. The second-order valence-electron chi connectivity index (χ2n) is 5.75. The Morgan fingerprint density at radius 2 is 2.05 bits per heavy atom. The van der Waals surface area contributed by atoms with Gasteiger partial charge in [0.25, 0.3) is 0 Å². The van der Waals surface area contributed by atoms with E-state index in [1.165, 1.54) is 5.56 Å². The first-order chi connectivity index (χ1) is 8.96. The van der Waals surface area contributed by atoms with Gasteiger partial charge < -0.3 is 5.32 Å². The largest absolute Gasteiger partial charge is 0.307 e. The molecule has 3 rings (SSSR count). The van der Waals surface area contributed by atoms with E-state index >= 15 is 0 Å². The summed E-state index contributed by atoms with van der Waals surface area (Å²) >= 11 is 0. The second-order valence-corrected chi connectivity index (χ2v) is 7.98. The van der Waals surface area contributed by atoms with E-state index in [1.807, 2.05) is 0 Å². The van der Waals surface area contributed by atoms with Crippen LogP contribution in [0, 0.1) is 0 Å². The summed E-state index contributed by atoms with van der Waals surface area (Å²) in [5, 5.41) is 3.30. The van der Waals surface area contributed by atoms with E-state index in [0.29, 0.717) is 12.3 Å². The van der Waals surface area contributed by atoms with Crippen LogP contribution in [0.5, 0.6) is 0 Å². The maximum absolute atomic E-state index is 11.6. The van der Waals surface area contributed by atoms with Crippen molar-refractivity contribution in [1.29, 1.82) is 0 Å². The number of rotatable bonds is 2. The smallest absolute Gasteiger partial charge is 0.151 e. The lowest BCUT2D eigenvalue weighted by atomic mass is 10.0. The third-order valence-electron chi connectivity index (χ3n) is 3.88. The van der Waals surface area contributed by atoms with Crippen molar-refractivity contribution in [2.24, 2.45) is 0 Å². The number of hydrogen-bond donors (Lipinski definition) is 1. The van der Waals surface area contributed by atoms with Crippen molar-refractivity contribution in [2.75, 3.05) is 11.5 Å². The third-order valence-corrected chi connectivity index (χ3v) is 5.65. The Labute approximate surface area is 113 Å². The molecule has 0 bridgehead atoms. The van der Waals surface area contributed by atoms with E-state index in [0.717, 1.165) is 30.3 Å². The molecule has 0 aliphatic carbocycles. The summed E-state index contributed by atoms with van der Waals surface area (Å²) in [4.78, 5) is 9.28. The molecule has 5 nitrogen and oxygen atoms in total. The molecule has 1 N–H and O–H groups in total. The summed E-state index contributed by atoms with van der Waals surface area (Å²) in [5.74, 6) is 1.53. The van der Waals surface area contributed by atoms with Crippen LogP contribution in [0.4, 0.5) is 0 Å². The third kappa shape index (κ3) is 2.39. The molecule has 19 heavy (non-hydrogen) atoms. The Morgan fingerprint density at radius 3 is 2.68 bits per heavy atom. The number of sulfone groups is 1. The highest BCUT2D eigenvalue weighted by atomic mass is 32.2. The minimum atomic E-state index is -2.89. The predicted octanol–water partition coefficient (Wildman–Crippen LogP) is 1.11. The molecular weight excluding hydrogens is 262 g/mol. The fraction of sp³-hybridized carbons (Fsp3) is 0.692. The van der Waals surface area contributed by atoms with Crippen LogP contribution in [0.2, 0.25) is 0 Å². The molecule has 0 aromatic carbocycles. The Kier molecular flexibility index (Phi) is 3.09. The van der Waals surface area contributed by atoms with Crippen LogP contribution in [0.15, 0.2) is 0 Å². The molecular formula is C13H19N3O2S. The number of nitrogens with zero attached hydrogens (tertiary/aromatic N) is 2. The van der Waals surface area contributed by atoms with Crippen LogP contribution < -0.4 is 5.32 Å². The van der Waals surface area contributed by atoms with Gasteiger partial charge in [-0.25, -0.2) is 18.4 Å². The van der Waals surface area contributed by atoms with Crippen molar-refractivity contribution in [3.05, 3.63) is 22.8 Å². The normalized spacial score (nSPS) is 24.9. The van der Waals surface area contributed by atoms with Crippen LogP contribution in [-0.2, 0) is 22.9 Å². The first-order valence-electron chi connectivity index (χ1n) is 6.77. The van der Waals surface area contributed by atoms with Gasteiger partial charge in [0, 0.05) is 24.6 Å². The monoisotopic (exact) mass is 281 g/mol. The van der Waals surface area contributed by atoms with Crippen LogP contribution in [0.3, 0.4) is 0 Å². The SMILES string of the molecule is CC(C)c1nc(C2CCS(=O)(=O)C2)nc2c1CNC2. The molecule has 0 spiro atoms. The van der Waals surface area contributed by atoms with E-state index in [2.05, 4.69) is 29.1 Å². The van der Waals surface area contributed by atoms with Gasteiger partial charge in [-0.05, 0) is 12.3 Å². The molecule has 2 aliphatic heterocycles. The van der Waals surface area contributed by atoms with Gasteiger partial charge in [-0.2, -0.15) is 0 Å². The molecule has 1 saturated heterocycles. The Bertz CT molecular complexity index is 611. The van der Waals surface area contributed by atoms with Gasteiger partial charge in [0.1, 0.15) is 5.82 Å². The summed E-state index contributed by atoms with van der Waals surface area (Å²) in [7, 11) is -2.89. The molecule has 1 unspecified atom stereocenters. The molecule has 1 aromatic heterocycles. The highest BCUT2D eigenvalue weighted by Crippen LogP contribution is 2.30. The van der Waals surface area contributed by atoms with E-state index in [9.17, 15) is 8.42 Å². The van der Waals surface area contributed by atoms with E-state index in [4.69, 9.17) is 0 Å². The van der Waals surface area contributed by atoms with Crippen LogP contribution in [0.25, 0.3) is 0 Å².